The molecule has 0 aliphatic carbocycles. The van der Waals surface area contributed by atoms with Crippen LogP contribution in [-0.2, 0) is 22.0 Å². The van der Waals surface area contributed by atoms with Crippen molar-refractivity contribution in [1.82, 2.24) is 4.31 Å². The Kier molecular flexibility index (Phi) is 7.02. The average Bonchev–Trinajstić information content (AvgIpc) is 3.34. The Labute approximate surface area is 207 Å². The summed E-state index contributed by atoms with van der Waals surface area (Å²) in [4.78, 5) is 2.04. The standard InChI is InChI=1S/C25H27F3N2O3S2/c1-18-5-3-6-19(15-18)16-22-17-29(35(32,33)23-7-4-14-34-23)12-13-30(22)21-10-8-20(9-11-21)24(2,31)25(26,27)28/h3-11,14-15,22,31H,12-13,16-17H2,1-2H3/t22-,24?/m1/s1. The third-order valence-electron chi connectivity index (χ3n) is 6.40. The van der Waals surface area contributed by atoms with Gasteiger partial charge in [0.25, 0.3) is 10.0 Å². The fourth-order valence-corrected chi connectivity index (χ4v) is 6.96. The molecule has 0 spiro atoms. The normalized spacial score (nSPS) is 19.5. The van der Waals surface area contributed by atoms with Crippen molar-refractivity contribution in [1.29, 1.82) is 0 Å². The lowest BCUT2D eigenvalue weighted by molar-refractivity contribution is -0.258. The van der Waals surface area contributed by atoms with Gasteiger partial charge in [-0.1, -0.05) is 48.0 Å². The molecule has 1 aromatic heterocycles. The maximum Gasteiger partial charge on any atom is 0.421 e. The minimum atomic E-state index is -4.80. The Balaban J connectivity index is 1.64. The van der Waals surface area contributed by atoms with Gasteiger partial charge in [-0.2, -0.15) is 17.5 Å². The number of benzene rings is 2. The minimum Gasteiger partial charge on any atom is -0.376 e. The van der Waals surface area contributed by atoms with Gasteiger partial charge >= 0.3 is 6.18 Å². The molecule has 4 rings (SSSR count). The van der Waals surface area contributed by atoms with E-state index in [0.717, 1.165) is 18.1 Å². The van der Waals surface area contributed by atoms with E-state index < -0.39 is 21.8 Å². The molecule has 2 atom stereocenters. The largest absolute Gasteiger partial charge is 0.421 e. The summed E-state index contributed by atoms with van der Waals surface area (Å²) >= 11 is 1.17. The molecule has 188 valence electrons. The fourth-order valence-electron chi connectivity index (χ4n) is 4.35. The lowest BCUT2D eigenvalue weighted by atomic mass is 9.94. The van der Waals surface area contributed by atoms with E-state index in [1.165, 1.54) is 27.8 Å². The van der Waals surface area contributed by atoms with Gasteiger partial charge in [0, 0.05) is 31.4 Å². The first-order chi connectivity index (χ1) is 16.4. The van der Waals surface area contributed by atoms with E-state index in [0.29, 0.717) is 22.9 Å². The van der Waals surface area contributed by atoms with Crippen molar-refractivity contribution >= 4 is 27.0 Å². The van der Waals surface area contributed by atoms with Crippen LogP contribution in [0.5, 0.6) is 0 Å². The van der Waals surface area contributed by atoms with Gasteiger partial charge in [0.2, 0.25) is 0 Å². The topological polar surface area (TPSA) is 60.9 Å². The van der Waals surface area contributed by atoms with Gasteiger partial charge in [0.1, 0.15) is 4.21 Å². The molecule has 1 aliphatic rings. The third-order valence-corrected chi connectivity index (χ3v) is 9.64. The molecule has 2 aromatic carbocycles. The van der Waals surface area contributed by atoms with Crippen molar-refractivity contribution in [3.05, 3.63) is 82.7 Å². The Morgan fingerprint density at radius 3 is 2.37 bits per heavy atom. The summed E-state index contributed by atoms with van der Waals surface area (Å²) in [6, 6.07) is 16.7. The van der Waals surface area contributed by atoms with Gasteiger partial charge in [-0.3, -0.25) is 0 Å². The molecule has 10 heteroatoms. The maximum atomic E-state index is 13.3. The number of piperazine rings is 1. The van der Waals surface area contributed by atoms with E-state index in [9.17, 15) is 26.7 Å². The fraction of sp³-hybridized carbons (Fsp3) is 0.360. The lowest BCUT2D eigenvalue weighted by Crippen LogP contribution is -2.55. The van der Waals surface area contributed by atoms with Gasteiger partial charge in [-0.15, -0.1) is 11.3 Å². The zero-order chi connectivity index (χ0) is 25.4. The van der Waals surface area contributed by atoms with E-state index in [-0.39, 0.29) is 24.7 Å². The molecule has 1 N–H and O–H groups in total. The Morgan fingerprint density at radius 1 is 1.06 bits per heavy atom. The van der Waals surface area contributed by atoms with Crippen LogP contribution in [0.25, 0.3) is 0 Å². The van der Waals surface area contributed by atoms with E-state index >= 15 is 0 Å². The van der Waals surface area contributed by atoms with E-state index in [1.54, 1.807) is 29.6 Å². The number of hydrogen-bond acceptors (Lipinski definition) is 5. The molecule has 1 aliphatic heterocycles. The molecule has 0 radical (unpaired) electrons. The number of aryl methyl sites for hydroxylation is 1. The first kappa shape index (κ1) is 25.7. The van der Waals surface area contributed by atoms with Gasteiger partial charge in [-0.05, 0) is 55.0 Å². The predicted octanol–water partition coefficient (Wildman–Crippen LogP) is 4.95. The highest BCUT2D eigenvalue weighted by Crippen LogP contribution is 2.39. The Hall–Kier alpha value is -2.40. The minimum absolute atomic E-state index is 0.228. The number of nitrogens with zero attached hydrogens (tertiary/aromatic N) is 2. The quantitative estimate of drug-likeness (QED) is 0.496. The second kappa shape index (κ2) is 9.57. The number of anilines is 1. The van der Waals surface area contributed by atoms with E-state index in [4.69, 9.17) is 0 Å². The lowest BCUT2D eigenvalue weighted by Gasteiger charge is -2.42. The van der Waals surface area contributed by atoms with Gasteiger partial charge in [0.15, 0.2) is 5.60 Å². The maximum absolute atomic E-state index is 13.3. The zero-order valence-corrected chi connectivity index (χ0v) is 21.0. The molecule has 1 unspecified atom stereocenters. The summed E-state index contributed by atoms with van der Waals surface area (Å²) < 4.78 is 67.9. The summed E-state index contributed by atoms with van der Waals surface area (Å²) in [6.07, 6.45) is -4.23. The molecule has 2 heterocycles. The number of sulfonamides is 1. The molecular weight excluding hydrogens is 497 g/mol. The highest BCUT2D eigenvalue weighted by molar-refractivity contribution is 7.91. The molecule has 0 bridgehead atoms. The summed E-state index contributed by atoms with van der Waals surface area (Å²) in [5.74, 6) is 0. The molecular formula is C25H27F3N2O3S2. The summed E-state index contributed by atoms with van der Waals surface area (Å²) in [6.45, 7) is 3.61. The molecule has 3 aromatic rings. The highest BCUT2D eigenvalue weighted by Gasteiger charge is 2.51. The predicted molar refractivity (Wildman–Crippen MR) is 131 cm³/mol. The van der Waals surface area contributed by atoms with E-state index in [1.807, 2.05) is 30.0 Å². The first-order valence-corrected chi connectivity index (χ1v) is 13.5. The van der Waals surface area contributed by atoms with Crippen LogP contribution in [0.4, 0.5) is 18.9 Å². The first-order valence-electron chi connectivity index (χ1n) is 11.1. The van der Waals surface area contributed by atoms with Crippen molar-refractivity contribution in [3.8, 4) is 0 Å². The van der Waals surface area contributed by atoms with Crippen LogP contribution in [0.15, 0.2) is 70.3 Å². The SMILES string of the molecule is Cc1cccc(C[C@@H]2CN(S(=O)(=O)c3cccs3)CCN2c2ccc(C(C)(O)C(F)(F)F)cc2)c1. The van der Waals surface area contributed by atoms with Crippen LogP contribution >= 0.6 is 11.3 Å². The van der Waals surface area contributed by atoms with Crippen molar-refractivity contribution in [2.75, 3.05) is 24.5 Å². The van der Waals surface area contributed by atoms with Crippen LogP contribution < -0.4 is 4.90 Å². The van der Waals surface area contributed by atoms with Crippen molar-refractivity contribution in [3.63, 3.8) is 0 Å². The molecule has 35 heavy (non-hydrogen) atoms. The van der Waals surface area contributed by atoms with Gasteiger partial charge in [0.05, 0.1) is 0 Å². The van der Waals surface area contributed by atoms with Crippen LogP contribution in [0, 0.1) is 6.92 Å². The monoisotopic (exact) mass is 524 g/mol. The smallest absolute Gasteiger partial charge is 0.376 e. The zero-order valence-electron chi connectivity index (χ0n) is 19.4. The van der Waals surface area contributed by atoms with Crippen molar-refractivity contribution in [2.24, 2.45) is 0 Å². The number of rotatable bonds is 6. The third kappa shape index (κ3) is 5.25. The van der Waals surface area contributed by atoms with Crippen LogP contribution in [0.1, 0.15) is 23.6 Å². The van der Waals surface area contributed by atoms with Crippen molar-refractivity contribution < 1.29 is 26.7 Å². The molecule has 0 amide bonds. The Bertz CT molecular complexity index is 1260. The molecule has 1 saturated heterocycles. The number of aliphatic hydroxyl groups is 1. The molecule has 1 fully saturated rings. The van der Waals surface area contributed by atoms with Crippen LogP contribution in [0.3, 0.4) is 0 Å². The number of thiophene rings is 1. The van der Waals surface area contributed by atoms with Crippen LogP contribution in [-0.4, -0.2) is 49.7 Å². The number of hydrogen-bond donors (Lipinski definition) is 1. The van der Waals surface area contributed by atoms with Gasteiger partial charge < -0.3 is 10.0 Å². The van der Waals surface area contributed by atoms with Crippen molar-refractivity contribution in [2.45, 2.75) is 42.3 Å². The summed E-state index contributed by atoms with van der Waals surface area (Å²) in [7, 11) is -3.63. The van der Waals surface area contributed by atoms with Crippen LogP contribution in [0.2, 0.25) is 0 Å². The molecule has 0 saturated carbocycles. The van der Waals surface area contributed by atoms with E-state index in [2.05, 4.69) is 6.07 Å². The summed E-state index contributed by atoms with van der Waals surface area (Å²) in [5.41, 5.74) is -0.390. The number of alkyl halides is 3. The second-order valence-electron chi connectivity index (χ2n) is 8.95. The highest BCUT2D eigenvalue weighted by atomic mass is 32.2. The Morgan fingerprint density at radius 2 is 1.77 bits per heavy atom. The molecule has 5 nitrogen and oxygen atoms in total. The second-order valence-corrected chi connectivity index (χ2v) is 12.1. The summed E-state index contributed by atoms with van der Waals surface area (Å²) in [5, 5.41) is 11.7. The number of halogens is 3. The van der Waals surface area contributed by atoms with Gasteiger partial charge in [-0.25, -0.2) is 8.42 Å². The average molecular weight is 525 g/mol.